The molecule has 0 unspecified atom stereocenters. The van der Waals surface area contributed by atoms with E-state index in [0.29, 0.717) is 23.5 Å². The fourth-order valence-corrected chi connectivity index (χ4v) is 1.86. The van der Waals surface area contributed by atoms with Crippen LogP contribution < -0.4 is 9.47 Å². The monoisotopic (exact) mass is 313 g/mol. The molecule has 0 saturated carbocycles. The molecule has 0 atom stereocenters. The molecule has 2 rings (SSSR count). The predicted octanol–water partition coefficient (Wildman–Crippen LogP) is 3.55. The molecule has 0 aliphatic carbocycles. The summed E-state index contributed by atoms with van der Waals surface area (Å²) in [6, 6.07) is 13.3. The third-order valence-electron chi connectivity index (χ3n) is 2.87. The van der Waals surface area contributed by atoms with Crippen LogP contribution in [0.4, 0.5) is 0 Å². The molecule has 2 aromatic rings. The zero-order chi connectivity index (χ0) is 16.7. The lowest BCUT2D eigenvalue weighted by Crippen LogP contribution is -2.09. The average Bonchev–Trinajstić information content (AvgIpc) is 2.56. The molecular weight excluding hydrogens is 298 g/mol. The lowest BCUT2D eigenvalue weighted by molar-refractivity contribution is -0.400. The van der Waals surface area contributed by atoms with Crippen LogP contribution >= 0.6 is 0 Å². The summed E-state index contributed by atoms with van der Waals surface area (Å²) in [5.74, 6) is 0.112. The second-order valence-corrected chi connectivity index (χ2v) is 4.50. The van der Waals surface area contributed by atoms with Crippen LogP contribution in [-0.2, 0) is 0 Å². The normalized spacial score (nSPS) is 10.5. The summed E-state index contributed by atoms with van der Waals surface area (Å²) < 4.78 is 10.8. The smallest absolute Gasteiger partial charge is 0.343 e. The van der Waals surface area contributed by atoms with E-state index in [1.807, 2.05) is 0 Å². The van der Waals surface area contributed by atoms with Gasteiger partial charge in [0.2, 0.25) is 6.20 Å². The van der Waals surface area contributed by atoms with Crippen LogP contribution in [0.3, 0.4) is 0 Å². The van der Waals surface area contributed by atoms with E-state index in [0.717, 1.165) is 6.20 Å². The van der Waals surface area contributed by atoms with E-state index >= 15 is 0 Å². The van der Waals surface area contributed by atoms with Crippen LogP contribution in [0.5, 0.6) is 11.5 Å². The van der Waals surface area contributed by atoms with Gasteiger partial charge in [-0.05, 0) is 36.8 Å². The molecule has 118 valence electrons. The minimum absolute atomic E-state index is 0.263. The summed E-state index contributed by atoms with van der Waals surface area (Å²) in [5, 5.41) is 10.4. The van der Waals surface area contributed by atoms with Crippen LogP contribution in [0.15, 0.2) is 54.7 Å². The first-order valence-corrected chi connectivity index (χ1v) is 6.96. The Bertz CT molecular complexity index is 725. The Kier molecular flexibility index (Phi) is 5.46. The fraction of sp³-hybridized carbons (Fsp3) is 0.118. The van der Waals surface area contributed by atoms with Crippen molar-refractivity contribution in [2.45, 2.75) is 6.92 Å². The van der Waals surface area contributed by atoms with Gasteiger partial charge in [-0.3, -0.25) is 10.1 Å². The Morgan fingerprint density at radius 1 is 1.17 bits per heavy atom. The van der Waals surface area contributed by atoms with Gasteiger partial charge in [-0.2, -0.15) is 0 Å². The fourth-order valence-electron chi connectivity index (χ4n) is 1.86. The molecule has 0 N–H and O–H groups in total. The molecule has 0 aromatic heterocycles. The van der Waals surface area contributed by atoms with Crippen molar-refractivity contribution >= 4 is 12.0 Å². The van der Waals surface area contributed by atoms with Gasteiger partial charge in [-0.1, -0.05) is 24.3 Å². The Balaban J connectivity index is 2.23. The maximum atomic E-state index is 12.1. The first kappa shape index (κ1) is 16.2. The van der Waals surface area contributed by atoms with Crippen LogP contribution in [-0.4, -0.2) is 17.5 Å². The van der Waals surface area contributed by atoms with E-state index in [-0.39, 0.29) is 5.75 Å². The van der Waals surface area contributed by atoms with E-state index in [4.69, 9.17) is 9.47 Å². The molecule has 0 radical (unpaired) electrons. The number of rotatable bonds is 6. The molecule has 0 fully saturated rings. The maximum absolute atomic E-state index is 12.1. The van der Waals surface area contributed by atoms with E-state index in [9.17, 15) is 14.9 Å². The topological polar surface area (TPSA) is 78.7 Å². The van der Waals surface area contributed by atoms with Crippen LogP contribution in [0.1, 0.15) is 22.8 Å². The van der Waals surface area contributed by atoms with Crippen molar-refractivity contribution in [2.24, 2.45) is 0 Å². The SMILES string of the molecule is CCOc1cc(/C=C\[N+](=O)[O-])ccc1OC(=O)c1ccccc1. The van der Waals surface area contributed by atoms with Crippen molar-refractivity contribution < 1.29 is 19.2 Å². The average molecular weight is 313 g/mol. The summed E-state index contributed by atoms with van der Waals surface area (Å²) >= 11 is 0. The van der Waals surface area contributed by atoms with E-state index < -0.39 is 10.9 Å². The van der Waals surface area contributed by atoms with Gasteiger partial charge in [0.25, 0.3) is 0 Å². The quantitative estimate of drug-likeness (QED) is 0.353. The Morgan fingerprint density at radius 3 is 2.57 bits per heavy atom. The van der Waals surface area contributed by atoms with Crippen LogP contribution in [0.2, 0.25) is 0 Å². The predicted molar refractivity (Wildman–Crippen MR) is 85.0 cm³/mol. The number of carbonyl (C=O) groups excluding carboxylic acids is 1. The van der Waals surface area contributed by atoms with Crippen molar-refractivity contribution in [1.29, 1.82) is 0 Å². The number of nitrogens with zero attached hydrogens (tertiary/aromatic N) is 1. The molecule has 2 aromatic carbocycles. The minimum Gasteiger partial charge on any atom is -0.490 e. The number of carbonyl (C=O) groups is 1. The summed E-state index contributed by atoms with van der Waals surface area (Å²) in [4.78, 5) is 21.9. The lowest BCUT2D eigenvalue weighted by atomic mass is 10.2. The second kappa shape index (κ2) is 7.74. The Hall–Kier alpha value is -3.15. The molecule has 0 saturated heterocycles. The number of hydrogen-bond donors (Lipinski definition) is 0. The van der Waals surface area contributed by atoms with Gasteiger partial charge >= 0.3 is 5.97 Å². The number of nitro groups is 1. The molecular formula is C17H15NO5. The largest absolute Gasteiger partial charge is 0.490 e. The lowest BCUT2D eigenvalue weighted by Gasteiger charge is -2.11. The van der Waals surface area contributed by atoms with E-state index in [1.165, 1.54) is 6.08 Å². The van der Waals surface area contributed by atoms with Crippen LogP contribution in [0, 0.1) is 10.1 Å². The maximum Gasteiger partial charge on any atom is 0.343 e. The first-order valence-electron chi connectivity index (χ1n) is 6.96. The van der Waals surface area contributed by atoms with Crippen molar-refractivity contribution in [2.75, 3.05) is 6.61 Å². The molecule has 0 amide bonds. The molecule has 0 aliphatic heterocycles. The van der Waals surface area contributed by atoms with Gasteiger partial charge in [0.15, 0.2) is 11.5 Å². The molecule has 0 heterocycles. The third-order valence-corrected chi connectivity index (χ3v) is 2.87. The highest BCUT2D eigenvalue weighted by Gasteiger charge is 2.12. The molecule has 23 heavy (non-hydrogen) atoms. The summed E-state index contributed by atoms with van der Waals surface area (Å²) in [5.41, 5.74) is 0.997. The Labute approximate surface area is 133 Å². The third kappa shape index (κ3) is 4.67. The number of ether oxygens (including phenoxy) is 2. The highest BCUT2D eigenvalue weighted by Crippen LogP contribution is 2.29. The van der Waals surface area contributed by atoms with Crippen molar-refractivity contribution in [3.63, 3.8) is 0 Å². The zero-order valence-corrected chi connectivity index (χ0v) is 12.5. The zero-order valence-electron chi connectivity index (χ0n) is 12.5. The first-order chi connectivity index (χ1) is 11.1. The second-order valence-electron chi connectivity index (χ2n) is 4.50. The summed E-state index contributed by atoms with van der Waals surface area (Å²) in [6.07, 6.45) is 2.17. The van der Waals surface area contributed by atoms with Gasteiger partial charge in [0.05, 0.1) is 17.1 Å². The minimum atomic E-state index is -0.552. The Morgan fingerprint density at radius 2 is 1.91 bits per heavy atom. The van der Waals surface area contributed by atoms with E-state index in [2.05, 4.69) is 0 Å². The van der Waals surface area contributed by atoms with Crippen molar-refractivity contribution in [3.8, 4) is 11.5 Å². The van der Waals surface area contributed by atoms with Gasteiger partial charge in [0, 0.05) is 6.08 Å². The standard InChI is InChI=1S/C17H15NO5/c1-2-22-16-12-13(10-11-18(20)21)8-9-15(16)23-17(19)14-6-4-3-5-7-14/h3-12H,2H2,1H3/b11-10-. The highest BCUT2D eigenvalue weighted by molar-refractivity contribution is 5.91. The van der Waals surface area contributed by atoms with Gasteiger partial charge in [-0.15, -0.1) is 0 Å². The number of hydrogen-bond acceptors (Lipinski definition) is 5. The highest BCUT2D eigenvalue weighted by atomic mass is 16.6. The summed E-state index contributed by atoms with van der Waals surface area (Å²) in [7, 11) is 0. The van der Waals surface area contributed by atoms with Crippen molar-refractivity contribution in [3.05, 3.63) is 76.0 Å². The van der Waals surface area contributed by atoms with E-state index in [1.54, 1.807) is 55.5 Å². The van der Waals surface area contributed by atoms with Gasteiger partial charge in [0.1, 0.15) is 0 Å². The summed E-state index contributed by atoms with van der Waals surface area (Å²) in [6.45, 7) is 2.17. The van der Waals surface area contributed by atoms with Gasteiger partial charge < -0.3 is 9.47 Å². The number of esters is 1. The molecule has 0 aliphatic rings. The van der Waals surface area contributed by atoms with Gasteiger partial charge in [-0.25, -0.2) is 4.79 Å². The number of benzene rings is 2. The molecule has 0 bridgehead atoms. The molecule has 0 spiro atoms. The molecule has 6 nitrogen and oxygen atoms in total. The van der Waals surface area contributed by atoms with Crippen LogP contribution in [0.25, 0.3) is 6.08 Å². The molecule has 6 heteroatoms. The van der Waals surface area contributed by atoms with Crippen molar-refractivity contribution in [1.82, 2.24) is 0 Å².